The minimum atomic E-state index is 0.541. The van der Waals surface area contributed by atoms with Crippen LogP contribution in [-0.2, 0) is 0 Å². The highest BCUT2D eigenvalue weighted by Gasteiger charge is 2.04. The fourth-order valence-corrected chi connectivity index (χ4v) is 1.32. The van der Waals surface area contributed by atoms with Crippen LogP contribution >= 0.6 is 0 Å². The summed E-state index contributed by atoms with van der Waals surface area (Å²) in [5.41, 5.74) is 0.560. The molecular formula is C13H18O3. The minimum Gasteiger partial charge on any atom is -0.493 e. The number of rotatable bonds is 7. The van der Waals surface area contributed by atoms with Gasteiger partial charge in [0.2, 0.25) is 0 Å². The van der Waals surface area contributed by atoms with Crippen molar-refractivity contribution in [3.8, 4) is 11.5 Å². The molecule has 0 N–H and O–H groups in total. The van der Waals surface area contributed by atoms with Crippen LogP contribution in [0.5, 0.6) is 11.5 Å². The molecule has 1 aromatic rings. The third-order valence-electron chi connectivity index (χ3n) is 2.18. The van der Waals surface area contributed by atoms with Gasteiger partial charge in [0.1, 0.15) is 11.5 Å². The summed E-state index contributed by atoms with van der Waals surface area (Å²) in [5.74, 6) is 1.34. The lowest BCUT2D eigenvalue weighted by molar-refractivity contribution is 0.112. The zero-order valence-corrected chi connectivity index (χ0v) is 9.86. The summed E-state index contributed by atoms with van der Waals surface area (Å²) >= 11 is 0. The van der Waals surface area contributed by atoms with Crippen LogP contribution in [0, 0.1) is 0 Å². The second kappa shape index (κ2) is 6.88. The van der Waals surface area contributed by atoms with Crippen LogP contribution in [0.2, 0.25) is 0 Å². The molecule has 0 saturated heterocycles. The normalized spacial score (nSPS) is 9.88. The van der Waals surface area contributed by atoms with Crippen molar-refractivity contribution in [1.82, 2.24) is 0 Å². The molecule has 0 atom stereocenters. The number of carbonyl (C=O) groups excluding carboxylic acids is 1. The molecule has 3 heteroatoms. The zero-order chi connectivity index (χ0) is 11.8. The van der Waals surface area contributed by atoms with Crippen molar-refractivity contribution in [2.24, 2.45) is 0 Å². The van der Waals surface area contributed by atoms with Gasteiger partial charge < -0.3 is 9.47 Å². The summed E-state index contributed by atoms with van der Waals surface area (Å²) in [4.78, 5) is 10.8. The predicted molar refractivity (Wildman–Crippen MR) is 63.4 cm³/mol. The first-order valence-corrected chi connectivity index (χ1v) is 5.66. The maximum Gasteiger partial charge on any atom is 0.153 e. The molecule has 0 aliphatic rings. The van der Waals surface area contributed by atoms with E-state index in [-0.39, 0.29) is 0 Å². The lowest BCUT2D eigenvalue weighted by Crippen LogP contribution is -1.99. The molecular weight excluding hydrogens is 204 g/mol. The van der Waals surface area contributed by atoms with Crippen molar-refractivity contribution >= 4 is 6.29 Å². The Morgan fingerprint density at radius 1 is 1.25 bits per heavy atom. The highest BCUT2D eigenvalue weighted by Crippen LogP contribution is 2.23. The Bertz CT molecular complexity index is 334. The van der Waals surface area contributed by atoms with Crippen LogP contribution in [0.4, 0.5) is 0 Å². The number of aldehydes is 1. The molecule has 0 aromatic heterocycles. The Morgan fingerprint density at radius 2 is 2.06 bits per heavy atom. The topological polar surface area (TPSA) is 35.5 Å². The molecule has 0 unspecified atom stereocenters. The summed E-state index contributed by atoms with van der Waals surface area (Å²) in [5, 5.41) is 0. The maximum absolute atomic E-state index is 10.8. The molecule has 3 nitrogen and oxygen atoms in total. The molecule has 0 radical (unpaired) electrons. The van der Waals surface area contributed by atoms with Gasteiger partial charge in [0.15, 0.2) is 6.29 Å². The van der Waals surface area contributed by atoms with Gasteiger partial charge in [-0.15, -0.1) is 0 Å². The zero-order valence-electron chi connectivity index (χ0n) is 9.86. The molecule has 0 bridgehead atoms. The summed E-state index contributed by atoms with van der Waals surface area (Å²) < 4.78 is 10.9. The van der Waals surface area contributed by atoms with Crippen LogP contribution < -0.4 is 9.47 Å². The minimum absolute atomic E-state index is 0.541. The lowest BCUT2D eigenvalue weighted by atomic mass is 10.2. The first-order chi connectivity index (χ1) is 7.81. The summed E-state index contributed by atoms with van der Waals surface area (Å²) in [6.07, 6.45) is 2.92. The van der Waals surface area contributed by atoms with Crippen molar-refractivity contribution in [2.75, 3.05) is 13.2 Å². The van der Waals surface area contributed by atoms with Gasteiger partial charge in [-0.3, -0.25) is 4.79 Å². The standard InChI is InChI=1S/C13H18O3/c1-3-5-8-16-12-7-6-11(10-14)13(9-12)15-4-2/h6-7,9-10H,3-5,8H2,1-2H3. The first-order valence-electron chi connectivity index (χ1n) is 5.66. The van der Waals surface area contributed by atoms with E-state index in [1.165, 1.54) is 0 Å². The quantitative estimate of drug-likeness (QED) is 0.525. The van der Waals surface area contributed by atoms with Gasteiger partial charge in [-0.05, 0) is 25.5 Å². The highest BCUT2D eigenvalue weighted by molar-refractivity contribution is 5.79. The van der Waals surface area contributed by atoms with Gasteiger partial charge in [-0.25, -0.2) is 0 Å². The van der Waals surface area contributed by atoms with Crippen LogP contribution in [0.3, 0.4) is 0 Å². The van der Waals surface area contributed by atoms with Gasteiger partial charge in [0, 0.05) is 6.07 Å². The number of hydrogen-bond acceptors (Lipinski definition) is 3. The van der Waals surface area contributed by atoms with E-state index in [2.05, 4.69) is 6.92 Å². The SMILES string of the molecule is CCCCOc1ccc(C=O)c(OCC)c1. The van der Waals surface area contributed by atoms with E-state index in [4.69, 9.17) is 9.47 Å². The van der Waals surface area contributed by atoms with Gasteiger partial charge in [0.05, 0.1) is 18.8 Å². The van der Waals surface area contributed by atoms with E-state index in [0.717, 1.165) is 24.9 Å². The number of carbonyl (C=O) groups is 1. The number of unbranched alkanes of at least 4 members (excludes halogenated alkanes) is 1. The van der Waals surface area contributed by atoms with E-state index in [9.17, 15) is 4.79 Å². The monoisotopic (exact) mass is 222 g/mol. The molecule has 0 fully saturated rings. The van der Waals surface area contributed by atoms with E-state index in [1.54, 1.807) is 18.2 Å². The molecule has 16 heavy (non-hydrogen) atoms. The van der Waals surface area contributed by atoms with Gasteiger partial charge in [0.25, 0.3) is 0 Å². The Balaban J connectivity index is 2.72. The number of hydrogen-bond donors (Lipinski definition) is 0. The summed E-state index contributed by atoms with van der Waals surface area (Å²) in [6.45, 7) is 5.24. The fraction of sp³-hybridized carbons (Fsp3) is 0.462. The molecule has 0 saturated carbocycles. The van der Waals surface area contributed by atoms with Crippen molar-refractivity contribution in [2.45, 2.75) is 26.7 Å². The highest BCUT2D eigenvalue weighted by atomic mass is 16.5. The number of ether oxygens (including phenoxy) is 2. The van der Waals surface area contributed by atoms with E-state index >= 15 is 0 Å². The van der Waals surface area contributed by atoms with Crippen LogP contribution in [-0.4, -0.2) is 19.5 Å². The molecule has 88 valence electrons. The molecule has 0 amide bonds. The second-order valence-corrected chi connectivity index (χ2v) is 3.45. The second-order valence-electron chi connectivity index (χ2n) is 3.45. The third kappa shape index (κ3) is 3.57. The Kier molecular flexibility index (Phi) is 5.40. The molecule has 0 spiro atoms. The fourth-order valence-electron chi connectivity index (χ4n) is 1.32. The summed E-state index contributed by atoms with van der Waals surface area (Å²) in [7, 11) is 0. The van der Waals surface area contributed by atoms with Crippen LogP contribution in [0.1, 0.15) is 37.0 Å². The molecule has 1 aromatic carbocycles. The predicted octanol–water partition coefficient (Wildman–Crippen LogP) is 3.08. The van der Waals surface area contributed by atoms with Crippen LogP contribution in [0.15, 0.2) is 18.2 Å². The lowest BCUT2D eigenvalue weighted by Gasteiger charge is -2.09. The molecule has 0 heterocycles. The molecule has 1 rings (SSSR count). The van der Waals surface area contributed by atoms with Gasteiger partial charge in [-0.2, -0.15) is 0 Å². The molecule has 0 aliphatic heterocycles. The van der Waals surface area contributed by atoms with E-state index in [1.807, 2.05) is 6.92 Å². The average molecular weight is 222 g/mol. The molecule has 0 aliphatic carbocycles. The summed E-state index contributed by atoms with van der Waals surface area (Å²) in [6, 6.07) is 5.28. The van der Waals surface area contributed by atoms with Crippen molar-refractivity contribution in [1.29, 1.82) is 0 Å². The number of benzene rings is 1. The van der Waals surface area contributed by atoms with Gasteiger partial charge in [-0.1, -0.05) is 13.3 Å². The average Bonchev–Trinajstić information content (AvgIpc) is 2.30. The Morgan fingerprint density at radius 3 is 2.69 bits per heavy atom. The van der Waals surface area contributed by atoms with E-state index < -0.39 is 0 Å². The Hall–Kier alpha value is -1.51. The van der Waals surface area contributed by atoms with Crippen molar-refractivity contribution in [3.63, 3.8) is 0 Å². The van der Waals surface area contributed by atoms with Crippen LogP contribution in [0.25, 0.3) is 0 Å². The van der Waals surface area contributed by atoms with E-state index in [0.29, 0.717) is 24.5 Å². The van der Waals surface area contributed by atoms with Crippen molar-refractivity contribution in [3.05, 3.63) is 23.8 Å². The maximum atomic E-state index is 10.8. The largest absolute Gasteiger partial charge is 0.493 e. The van der Waals surface area contributed by atoms with Gasteiger partial charge >= 0.3 is 0 Å². The third-order valence-corrected chi connectivity index (χ3v) is 2.18. The first kappa shape index (κ1) is 12.6. The Labute approximate surface area is 96.4 Å². The smallest absolute Gasteiger partial charge is 0.153 e. The van der Waals surface area contributed by atoms with Crippen molar-refractivity contribution < 1.29 is 14.3 Å².